The highest BCUT2D eigenvalue weighted by Gasteiger charge is 2.29. The largest absolute Gasteiger partial charge is 0.487 e. The fraction of sp³-hybridized carbons (Fsp3) is 0.455. The molecule has 1 aromatic carbocycles. The molecule has 16 nitrogen and oxygen atoms in total. The predicted molar refractivity (Wildman–Crippen MR) is 177 cm³/mol. The van der Waals surface area contributed by atoms with E-state index < -0.39 is 0 Å². The second-order valence-corrected chi connectivity index (χ2v) is 12.3. The number of benzene rings is 1. The molecule has 2 aliphatic rings. The molecule has 1 unspecified atom stereocenters. The van der Waals surface area contributed by atoms with Crippen LogP contribution in [-0.2, 0) is 17.8 Å². The van der Waals surface area contributed by atoms with Gasteiger partial charge >= 0.3 is 0 Å². The number of hydrogen-bond donors (Lipinski definition) is 1. The highest BCUT2D eigenvalue weighted by atomic mass is 16.5. The smallest absolute Gasteiger partial charge is 0.257 e. The van der Waals surface area contributed by atoms with Crippen molar-refractivity contribution in [2.45, 2.75) is 63.9 Å². The van der Waals surface area contributed by atoms with Crippen molar-refractivity contribution in [1.82, 2.24) is 54.6 Å². The Morgan fingerprint density at radius 3 is 2.61 bits per heavy atom. The lowest BCUT2D eigenvalue weighted by Crippen LogP contribution is -2.45. The van der Waals surface area contributed by atoms with Crippen LogP contribution in [-0.4, -0.2) is 99.7 Å². The number of nitrogens with one attached hydrogen (secondary N) is 1. The van der Waals surface area contributed by atoms with Crippen LogP contribution < -0.4 is 14.8 Å². The zero-order valence-corrected chi connectivity index (χ0v) is 27.4. The number of ether oxygens (including phenoxy) is 3. The Kier molecular flexibility index (Phi) is 9.99. The number of tetrazole rings is 1. The summed E-state index contributed by atoms with van der Waals surface area (Å²) < 4.78 is 23.3. The average Bonchev–Trinajstić information content (AvgIpc) is 3.93. The number of hydrogen-bond acceptors (Lipinski definition) is 13. The van der Waals surface area contributed by atoms with Gasteiger partial charge in [0.1, 0.15) is 36.5 Å². The van der Waals surface area contributed by atoms with Crippen LogP contribution in [0.15, 0.2) is 61.6 Å². The molecule has 49 heavy (non-hydrogen) atoms. The van der Waals surface area contributed by atoms with Gasteiger partial charge < -0.3 is 19.5 Å². The summed E-state index contributed by atoms with van der Waals surface area (Å²) >= 11 is 0. The van der Waals surface area contributed by atoms with E-state index in [1.807, 2.05) is 46.9 Å². The number of aromatic nitrogens is 10. The fourth-order valence-corrected chi connectivity index (χ4v) is 6.39. The molecule has 5 heterocycles. The minimum Gasteiger partial charge on any atom is -0.487 e. The van der Waals surface area contributed by atoms with Crippen molar-refractivity contribution in [2.24, 2.45) is 0 Å². The van der Waals surface area contributed by atoms with E-state index in [0.717, 1.165) is 63.1 Å². The Morgan fingerprint density at radius 1 is 1.06 bits per heavy atom. The number of rotatable bonds is 13. The zero-order valence-electron chi connectivity index (χ0n) is 27.4. The molecule has 1 atom stereocenters. The molecular weight excluding hydrogens is 626 g/mol. The van der Waals surface area contributed by atoms with E-state index in [4.69, 9.17) is 19.3 Å². The Morgan fingerprint density at radius 2 is 1.88 bits per heavy atom. The molecule has 1 aliphatic heterocycles. The fourth-order valence-electron chi connectivity index (χ4n) is 6.39. The van der Waals surface area contributed by atoms with Gasteiger partial charge in [0.2, 0.25) is 5.95 Å². The van der Waals surface area contributed by atoms with E-state index in [1.54, 1.807) is 29.3 Å². The number of anilines is 2. The third-order valence-electron chi connectivity index (χ3n) is 8.92. The standard InChI is InChI=1S/C33H39N13O3/c1-24(21-45-23-37-41-42-45)49-31-17-25(3-4-26(31)18-34)27-19-35-33(36-20-27)39-30-22-46(40-32(30)48-16-13-44-10-2-9-38-44)29-7-5-28(6-8-29)43-11-14-47-15-12-43/h2-4,9-10,17,19-20,22-24,28-29H,5-8,11-16,21H2,1H3,(H,35,36,39). The van der Waals surface area contributed by atoms with Gasteiger partial charge in [-0.1, -0.05) is 6.07 Å². The van der Waals surface area contributed by atoms with Gasteiger partial charge in [-0.05, 0) is 66.8 Å². The van der Waals surface area contributed by atoms with Crippen LogP contribution >= 0.6 is 0 Å². The SMILES string of the molecule is CC(Cn1cnnn1)Oc1cc(-c2cnc(Nc3cn(C4CCC(N5CCOCC5)CC4)nc3OCCn3cccn3)nc2)ccc1C#N. The van der Waals surface area contributed by atoms with Gasteiger partial charge in [-0.15, -0.1) is 10.2 Å². The summed E-state index contributed by atoms with van der Waals surface area (Å²) in [6, 6.07) is 10.4. The lowest BCUT2D eigenvalue weighted by molar-refractivity contribution is 0.00503. The van der Waals surface area contributed by atoms with Gasteiger partial charge in [0, 0.05) is 49.5 Å². The third kappa shape index (κ3) is 8.02. The van der Waals surface area contributed by atoms with Crippen molar-refractivity contribution >= 4 is 11.6 Å². The van der Waals surface area contributed by atoms with Gasteiger partial charge in [-0.3, -0.25) is 14.3 Å². The summed E-state index contributed by atoms with van der Waals surface area (Å²) in [5.74, 6) is 1.38. The predicted octanol–water partition coefficient (Wildman–Crippen LogP) is 3.50. The Balaban J connectivity index is 1.04. The van der Waals surface area contributed by atoms with E-state index in [1.165, 1.54) is 6.33 Å². The molecule has 0 amide bonds. The second-order valence-electron chi connectivity index (χ2n) is 12.3. The highest BCUT2D eigenvalue weighted by Crippen LogP contribution is 2.35. The Bertz CT molecular complexity index is 1810. The molecule has 2 fully saturated rings. The van der Waals surface area contributed by atoms with Crippen LogP contribution in [0.5, 0.6) is 11.6 Å². The van der Waals surface area contributed by atoms with Gasteiger partial charge in [0.15, 0.2) is 0 Å². The van der Waals surface area contributed by atoms with Crippen LogP contribution in [0, 0.1) is 11.3 Å². The maximum absolute atomic E-state index is 9.67. The summed E-state index contributed by atoms with van der Waals surface area (Å²) in [5, 5.41) is 33.4. The van der Waals surface area contributed by atoms with E-state index >= 15 is 0 Å². The molecule has 7 rings (SSSR count). The van der Waals surface area contributed by atoms with Crippen LogP contribution in [0.4, 0.5) is 11.6 Å². The van der Waals surface area contributed by atoms with Crippen LogP contribution in [0.3, 0.4) is 0 Å². The summed E-state index contributed by atoms with van der Waals surface area (Å²) in [5.41, 5.74) is 2.72. The first-order valence-corrected chi connectivity index (χ1v) is 16.6. The average molecular weight is 666 g/mol. The molecule has 254 valence electrons. The summed E-state index contributed by atoms with van der Waals surface area (Å²) in [6.07, 6.45) is 14.7. The van der Waals surface area contributed by atoms with Crippen molar-refractivity contribution in [3.8, 4) is 28.8 Å². The van der Waals surface area contributed by atoms with Crippen molar-refractivity contribution in [2.75, 3.05) is 38.2 Å². The van der Waals surface area contributed by atoms with Crippen molar-refractivity contribution in [1.29, 1.82) is 5.26 Å². The third-order valence-corrected chi connectivity index (χ3v) is 8.92. The number of nitriles is 1. The second kappa shape index (κ2) is 15.2. The van der Waals surface area contributed by atoms with E-state index in [-0.39, 0.29) is 12.1 Å². The van der Waals surface area contributed by atoms with Crippen LogP contribution in [0.25, 0.3) is 11.1 Å². The summed E-state index contributed by atoms with van der Waals surface area (Å²) in [7, 11) is 0. The minimum atomic E-state index is -0.273. The van der Waals surface area contributed by atoms with Crippen molar-refractivity contribution in [3.63, 3.8) is 0 Å². The number of nitrogens with zero attached hydrogens (tertiary/aromatic N) is 12. The molecule has 0 spiro atoms. The maximum atomic E-state index is 9.67. The molecule has 0 radical (unpaired) electrons. The quantitative estimate of drug-likeness (QED) is 0.194. The molecule has 1 saturated carbocycles. The molecule has 1 aliphatic carbocycles. The van der Waals surface area contributed by atoms with Gasteiger partial charge in [0.05, 0.1) is 44.1 Å². The maximum Gasteiger partial charge on any atom is 0.257 e. The highest BCUT2D eigenvalue weighted by molar-refractivity contribution is 5.67. The van der Waals surface area contributed by atoms with Crippen LogP contribution in [0.1, 0.15) is 44.2 Å². The van der Waals surface area contributed by atoms with E-state index in [2.05, 4.69) is 46.9 Å². The first-order valence-electron chi connectivity index (χ1n) is 16.6. The topological polar surface area (TPSA) is 172 Å². The van der Waals surface area contributed by atoms with Gasteiger partial charge in [-0.2, -0.15) is 10.4 Å². The van der Waals surface area contributed by atoms with Gasteiger partial charge in [0.25, 0.3) is 5.88 Å². The molecule has 1 saturated heterocycles. The Labute approximate surface area is 283 Å². The zero-order chi connectivity index (χ0) is 33.4. The molecule has 16 heteroatoms. The van der Waals surface area contributed by atoms with Gasteiger partial charge in [-0.25, -0.2) is 14.6 Å². The lowest BCUT2D eigenvalue weighted by Gasteiger charge is -2.38. The summed E-state index contributed by atoms with van der Waals surface area (Å²) in [6.45, 7) is 7.02. The molecule has 0 bridgehead atoms. The molecule has 5 aromatic rings. The Hall–Kier alpha value is -5.40. The summed E-state index contributed by atoms with van der Waals surface area (Å²) in [4.78, 5) is 11.8. The molecular formula is C33H39N13O3. The normalized spacial score (nSPS) is 18.9. The molecule has 1 N–H and O–H groups in total. The minimum absolute atomic E-state index is 0.273. The first kappa shape index (κ1) is 32.2. The first-order chi connectivity index (χ1) is 24.1. The van der Waals surface area contributed by atoms with E-state index in [9.17, 15) is 5.26 Å². The van der Waals surface area contributed by atoms with Crippen LogP contribution in [0.2, 0.25) is 0 Å². The van der Waals surface area contributed by atoms with Crippen molar-refractivity contribution in [3.05, 3.63) is 67.1 Å². The number of morpholine rings is 1. The van der Waals surface area contributed by atoms with E-state index in [0.29, 0.717) is 54.6 Å². The lowest BCUT2D eigenvalue weighted by atomic mass is 9.90. The monoisotopic (exact) mass is 665 g/mol. The van der Waals surface area contributed by atoms with Crippen molar-refractivity contribution < 1.29 is 14.2 Å². The molecule has 4 aromatic heterocycles.